The summed E-state index contributed by atoms with van der Waals surface area (Å²) in [6.07, 6.45) is 2.08. The van der Waals surface area contributed by atoms with E-state index in [1.807, 2.05) is 11.7 Å². The fourth-order valence-corrected chi connectivity index (χ4v) is 2.68. The standard InChI is InChI=1S/C15H26N4S/c1-7-8-11-12-13(18(6)17-11)19(14(20)16-12)9-15(4,5)10(2)3/h10H,7-9H2,1-6H3,(H,16,20). The largest absolute Gasteiger partial charge is 0.328 e. The lowest BCUT2D eigenvalue weighted by molar-refractivity contribution is 0.211. The number of fused-ring (bicyclic) bond motifs is 1. The number of rotatable bonds is 5. The monoisotopic (exact) mass is 294 g/mol. The molecule has 4 nitrogen and oxygen atoms in total. The van der Waals surface area contributed by atoms with Crippen molar-refractivity contribution in [2.75, 3.05) is 0 Å². The van der Waals surface area contributed by atoms with Crippen LogP contribution in [0.15, 0.2) is 0 Å². The molecule has 20 heavy (non-hydrogen) atoms. The summed E-state index contributed by atoms with van der Waals surface area (Å²) in [7, 11) is 2.00. The Kier molecular flexibility index (Phi) is 4.09. The van der Waals surface area contributed by atoms with Gasteiger partial charge in [-0.15, -0.1) is 0 Å². The van der Waals surface area contributed by atoms with E-state index in [0.29, 0.717) is 5.92 Å². The van der Waals surface area contributed by atoms with E-state index in [-0.39, 0.29) is 5.41 Å². The van der Waals surface area contributed by atoms with E-state index in [9.17, 15) is 0 Å². The Labute approximate surface area is 126 Å². The van der Waals surface area contributed by atoms with Crippen molar-refractivity contribution in [3.05, 3.63) is 10.5 Å². The number of hydrogen-bond acceptors (Lipinski definition) is 2. The lowest BCUT2D eigenvalue weighted by Gasteiger charge is -2.29. The Morgan fingerprint density at radius 2 is 2.00 bits per heavy atom. The van der Waals surface area contributed by atoms with Crippen LogP contribution in [0.4, 0.5) is 0 Å². The van der Waals surface area contributed by atoms with Crippen molar-refractivity contribution in [1.82, 2.24) is 19.3 Å². The molecule has 2 rings (SSSR count). The number of hydrogen-bond donors (Lipinski definition) is 1. The molecule has 2 heterocycles. The molecule has 0 spiro atoms. The van der Waals surface area contributed by atoms with Crippen molar-refractivity contribution in [3.8, 4) is 0 Å². The molecule has 0 fully saturated rings. The van der Waals surface area contributed by atoms with Crippen molar-refractivity contribution in [2.24, 2.45) is 18.4 Å². The maximum absolute atomic E-state index is 5.53. The average molecular weight is 294 g/mol. The molecule has 2 aromatic heterocycles. The molecule has 0 aromatic carbocycles. The summed E-state index contributed by atoms with van der Waals surface area (Å²) in [6.45, 7) is 12.2. The molecule has 0 aliphatic rings. The lowest BCUT2D eigenvalue weighted by atomic mass is 9.81. The molecule has 0 amide bonds. The minimum atomic E-state index is 0.197. The molecule has 0 radical (unpaired) electrons. The highest BCUT2D eigenvalue weighted by Crippen LogP contribution is 2.30. The van der Waals surface area contributed by atoms with E-state index >= 15 is 0 Å². The topological polar surface area (TPSA) is 38.5 Å². The van der Waals surface area contributed by atoms with E-state index in [0.717, 1.165) is 41.0 Å². The zero-order chi connectivity index (χ0) is 15.1. The van der Waals surface area contributed by atoms with Crippen LogP contribution in [0.25, 0.3) is 11.2 Å². The van der Waals surface area contributed by atoms with Crippen LogP contribution in [0.2, 0.25) is 0 Å². The molecule has 0 saturated heterocycles. The normalized spacial score (nSPS) is 12.8. The van der Waals surface area contributed by atoms with Crippen molar-refractivity contribution in [1.29, 1.82) is 0 Å². The minimum absolute atomic E-state index is 0.197. The molecular formula is C15H26N4S. The number of imidazole rings is 1. The van der Waals surface area contributed by atoms with Gasteiger partial charge in [-0.25, -0.2) is 0 Å². The molecule has 0 unspecified atom stereocenters. The number of H-pyrrole nitrogens is 1. The van der Waals surface area contributed by atoms with Crippen molar-refractivity contribution in [2.45, 2.75) is 54.0 Å². The zero-order valence-corrected chi connectivity index (χ0v) is 14.3. The van der Waals surface area contributed by atoms with Gasteiger partial charge in [-0.3, -0.25) is 4.68 Å². The van der Waals surface area contributed by atoms with Crippen LogP contribution in [-0.2, 0) is 20.0 Å². The Hall–Kier alpha value is -1.10. The first kappa shape index (κ1) is 15.3. The SMILES string of the molecule is CCCc1nn(C)c2c1[nH]c(=S)n2CC(C)(C)C(C)C. The number of aromatic amines is 1. The fraction of sp³-hybridized carbons (Fsp3) is 0.733. The van der Waals surface area contributed by atoms with E-state index in [2.05, 4.69) is 49.3 Å². The van der Waals surface area contributed by atoms with Crippen LogP contribution < -0.4 is 0 Å². The van der Waals surface area contributed by atoms with Gasteiger partial charge in [-0.05, 0) is 30.0 Å². The summed E-state index contributed by atoms with van der Waals surface area (Å²) in [5.74, 6) is 0.595. The van der Waals surface area contributed by atoms with Gasteiger partial charge in [0, 0.05) is 13.6 Å². The fourth-order valence-electron chi connectivity index (χ4n) is 2.43. The summed E-state index contributed by atoms with van der Waals surface area (Å²) in [4.78, 5) is 3.36. The Balaban J connectivity index is 2.54. The first-order valence-electron chi connectivity index (χ1n) is 7.42. The van der Waals surface area contributed by atoms with Gasteiger partial charge in [0.05, 0.1) is 5.69 Å². The summed E-state index contributed by atoms with van der Waals surface area (Å²) >= 11 is 5.53. The second-order valence-corrected chi connectivity index (χ2v) is 7.07. The third-order valence-electron chi connectivity index (χ3n) is 4.44. The molecule has 112 valence electrons. The van der Waals surface area contributed by atoms with Crippen molar-refractivity contribution < 1.29 is 0 Å². The molecule has 0 atom stereocenters. The molecule has 2 aromatic rings. The minimum Gasteiger partial charge on any atom is -0.328 e. The van der Waals surface area contributed by atoms with Gasteiger partial charge in [0.25, 0.3) is 0 Å². The second kappa shape index (κ2) is 5.35. The van der Waals surface area contributed by atoms with Crippen LogP contribution in [-0.4, -0.2) is 19.3 Å². The smallest absolute Gasteiger partial charge is 0.179 e. The van der Waals surface area contributed by atoms with Gasteiger partial charge >= 0.3 is 0 Å². The third kappa shape index (κ3) is 2.55. The number of aromatic nitrogens is 4. The number of nitrogens with zero attached hydrogens (tertiary/aromatic N) is 3. The summed E-state index contributed by atoms with van der Waals surface area (Å²) in [6, 6.07) is 0. The predicted molar refractivity (Wildman–Crippen MR) is 86.5 cm³/mol. The average Bonchev–Trinajstić information content (AvgIpc) is 2.80. The number of aryl methyl sites for hydroxylation is 2. The highest BCUT2D eigenvalue weighted by atomic mass is 32.1. The molecular weight excluding hydrogens is 268 g/mol. The Bertz CT molecular complexity index is 657. The predicted octanol–water partition coefficient (Wildman–Crippen LogP) is 4.07. The van der Waals surface area contributed by atoms with Crippen LogP contribution in [0.5, 0.6) is 0 Å². The summed E-state index contributed by atoms with van der Waals surface area (Å²) < 4.78 is 4.97. The molecule has 0 saturated carbocycles. The van der Waals surface area contributed by atoms with E-state index in [1.54, 1.807) is 0 Å². The quantitative estimate of drug-likeness (QED) is 0.844. The van der Waals surface area contributed by atoms with Crippen LogP contribution in [0.3, 0.4) is 0 Å². The highest BCUT2D eigenvalue weighted by Gasteiger charge is 2.25. The molecule has 0 aliphatic carbocycles. The van der Waals surface area contributed by atoms with Gasteiger partial charge in [0.1, 0.15) is 5.52 Å². The van der Waals surface area contributed by atoms with Crippen LogP contribution >= 0.6 is 12.2 Å². The lowest BCUT2D eigenvalue weighted by Crippen LogP contribution is -2.26. The molecule has 0 aliphatic heterocycles. The Morgan fingerprint density at radius 1 is 1.35 bits per heavy atom. The second-order valence-electron chi connectivity index (χ2n) is 6.68. The van der Waals surface area contributed by atoms with E-state index in [1.165, 1.54) is 0 Å². The number of nitrogens with one attached hydrogen (secondary N) is 1. The molecule has 0 bridgehead atoms. The van der Waals surface area contributed by atoms with E-state index < -0.39 is 0 Å². The summed E-state index contributed by atoms with van der Waals surface area (Å²) in [5.41, 5.74) is 3.55. The maximum atomic E-state index is 5.53. The van der Waals surface area contributed by atoms with Gasteiger partial charge in [-0.2, -0.15) is 5.10 Å². The van der Waals surface area contributed by atoms with Crippen molar-refractivity contribution >= 4 is 23.4 Å². The van der Waals surface area contributed by atoms with Crippen LogP contribution in [0, 0.1) is 16.1 Å². The van der Waals surface area contributed by atoms with Gasteiger partial charge in [0.15, 0.2) is 10.4 Å². The van der Waals surface area contributed by atoms with Crippen LogP contribution in [0.1, 0.15) is 46.7 Å². The van der Waals surface area contributed by atoms with Gasteiger partial charge in [0.2, 0.25) is 0 Å². The van der Waals surface area contributed by atoms with Gasteiger partial charge in [-0.1, -0.05) is 41.0 Å². The zero-order valence-electron chi connectivity index (χ0n) is 13.4. The highest BCUT2D eigenvalue weighted by molar-refractivity contribution is 7.71. The maximum Gasteiger partial charge on any atom is 0.179 e. The van der Waals surface area contributed by atoms with Gasteiger partial charge < -0.3 is 9.55 Å². The molecule has 5 heteroatoms. The first-order valence-corrected chi connectivity index (χ1v) is 7.83. The Morgan fingerprint density at radius 3 is 2.55 bits per heavy atom. The van der Waals surface area contributed by atoms with E-state index in [4.69, 9.17) is 12.2 Å². The molecule has 1 N–H and O–H groups in total. The summed E-state index contributed by atoms with van der Waals surface area (Å²) in [5, 5.41) is 4.63. The van der Waals surface area contributed by atoms with Crippen molar-refractivity contribution in [3.63, 3.8) is 0 Å². The first-order chi connectivity index (χ1) is 9.27. The third-order valence-corrected chi connectivity index (χ3v) is 4.76.